The summed E-state index contributed by atoms with van der Waals surface area (Å²) < 4.78 is 5.34. The van der Waals surface area contributed by atoms with Gasteiger partial charge in [0.2, 0.25) is 5.91 Å². The van der Waals surface area contributed by atoms with Crippen LogP contribution in [0.4, 0.5) is 10.5 Å². The lowest BCUT2D eigenvalue weighted by atomic mass is 9.97. The number of anilines is 1. The summed E-state index contributed by atoms with van der Waals surface area (Å²) in [5.74, 6) is 0.000773. The van der Waals surface area contributed by atoms with Crippen molar-refractivity contribution in [2.75, 3.05) is 18.0 Å². The number of allylic oxidation sites excluding steroid dienone is 1. The number of nitrogens with one attached hydrogen (secondary N) is 1. The Labute approximate surface area is 180 Å². The molecule has 31 heavy (non-hydrogen) atoms. The Balaban J connectivity index is 1.55. The van der Waals surface area contributed by atoms with Gasteiger partial charge in [-0.15, -0.1) is 0 Å². The molecule has 2 aliphatic rings. The van der Waals surface area contributed by atoms with Gasteiger partial charge >= 0.3 is 6.09 Å². The molecule has 0 bridgehead atoms. The van der Waals surface area contributed by atoms with E-state index in [9.17, 15) is 19.5 Å². The summed E-state index contributed by atoms with van der Waals surface area (Å²) >= 11 is 0. The molecule has 2 aromatic rings. The Morgan fingerprint density at radius 3 is 2.71 bits per heavy atom. The molecule has 1 fully saturated rings. The van der Waals surface area contributed by atoms with Crippen molar-refractivity contribution in [3.05, 3.63) is 64.7 Å². The molecular formula is C24H24N2O5. The van der Waals surface area contributed by atoms with Gasteiger partial charge in [-0.3, -0.25) is 14.5 Å². The van der Waals surface area contributed by atoms with Gasteiger partial charge in [0.25, 0.3) is 0 Å². The number of phenolic OH excluding ortho intramolecular Hbond substituents is 1. The van der Waals surface area contributed by atoms with Gasteiger partial charge in [0.05, 0.1) is 13.1 Å². The standard InChI is InChI=1S/C24H24N2O5/c1-15(27)25-13-21-14-26(24(30)31-21)19-7-10-22-17(12-19)3-2-4-18(23(22)29)11-16-5-8-20(28)9-6-16/h5-12,21,28H,2-4,13-14H2,1H3,(H,25,27)/b18-11-/t21-/m0/s1. The number of benzene rings is 2. The molecule has 7 nitrogen and oxygen atoms in total. The number of Topliss-reactive ketones (excluding diaryl/α,β-unsaturated/α-hetero) is 1. The second-order valence-corrected chi connectivity index (χ2v) is 7.84. The fourth-order valence-corrected chi connectivity index (χ4v) is 3.94. The number of ketones is 1. The Kier molecular flexibility index (Phi) is 5.75. The summed E-state index contributed by atoms with van der Waals surface area (Å²) in [5, 5.41) is 12.1. The van der Waals surface area contributed by atoms with Crippen LogP contribution in [-0.4, -0.2) is 42.1 Å². The van der Waals surface area contributed by atoms with Crippen molar-refractivity contribution in [3.63, 3.8) is 0 Å². The summed E-state index contributed by atoms with van der Waals surface area (Å²) in [7, 11) is 0. The number of cyclic esters (lactones) is 1. The summed E-state index contributed by atoms with van der Waals surface area (Å²) in [6.07, 6.45) is 3.23. The molecule has 1 heterocycles. The smallest absolute Gasteiger partial charge is 0.414 e. The molecule has 0 saturated carbocycles. The van der Waals surface area contributed by atoms with Gasteiger partial charge in [0.15, 0.2) is 5.78 Å². The van der Waals surface area contributed by atoms with Gasteiger partial charge in [-0.1, -0.05) is 12.1 Å². The monoisotopic (exact) mass is 420 g/mol. The maximum Gasteiger partial charge on any atom is 0.414 e. The lowest BCUT2D eigenvalue weighted by Crippen LogP contribution is -2.33. The van der Waals surface area contributed by atoms with Crippen LogP contribution in [0.3, 0.4) is 0 Å². The molecule has 1 saturated heterocycles. The summed E-state index contributed by atoms with van der Waals surface area (Å²) in [6, 6.07) is 12.2. The van der Waals surface area contributed by atoms with E-state index in [1.807, 2.05) is 12.1 Å². The second kappa shape index (κ2) is 8.63. The quantitative estimate of drug-likeness (QED) is 0.583. The zero-order chi connectivity index (χ0) is 22.0. The number of aryl methyl sites for hydroxylation is 1. The summed E-state index contributed by atoms with van der Waals surface area (Å²) in [5.41, 5.74) is 3.84. The number of aromatic hydroxyl groups is 1. The molecule has 0 aromatic heterocycles. The van der Waals surface area contributed by atoms with Crippen molar-refractivity contribution in [1.82, 2.24) is 5.32 Å². The molecule has 7 heteroatoms. The van der Waals surface area contributed by atoms with Crippen LogP contribution in [0.1, 0.15) is 41.3 Å². The molecule has 1 atom stereocenters. The van der Waals surface area contributed by atoms with Crippen LogP contribution in [0.5, 0.6) is 5.75 Å². The SMILES string of the molecule is CC(=O)NC[C@H]1CN(c2ccc3c(c2)CCC/C(=C/c2ccc(O)cc2)C3=O)C(=O)O1. The van der Waals surface area contributed by atoms with Crippen LogP contribution in [0.25, 0.3) is 6.08 Å². The predicted molar refractivity (Wildman–Crippen MR) is 116 cm³/mol. The van der Waals surface area contributed by atoms with Gasteiger partial charge in [0.1, 0.15) is 11.9 Å². The Morgan fingerprint density at radius 1 is 1.19 bits per heavy atom. The molecule has 2 aromatic carbocycles. The first-order valence-corrected chi connectivity index (χ1v) is 10.3. The third-order valence-electron chi connectivity index (χ3n) is 5.52. The Bertz CT molecular complexity index is 1060. The van der Waals surface area contributed by atoms with Crippen molar-refractivity contribution in [2.45, 2.75) is 32.3 Å². The van der Waals surface area contributed by atoms with Crippen LogP contribution in [0.15, 0.2) is 48.0 Å². The van der Waals surface area contributed by atoms with E-state index in [1.165, 1.54) is 11.8 Å². The van der Waals surface area contributed by atoms with Crippen LogP contribution in [0, 0.1) is 0 Å². The van der Waals surface area contributed by atoms with E-state index >= 15 is 0 Å². The number of nitrogens with zero attached hydrogens (tertiary/aromatic N) is 1. The summed E-state index contributed by atoms with van der Waals surface area (Å²) in [6.45, 7) is 2.03. The average molecular weight is 420 g/mol. The largest absolute Gasteiger partial charge is 0.508 e. The minimum Gasteiger partial charge on any atom is -0.508 e. The van der Waals surface area contributed by atoms with Crippen molar-refractivity contribution in [2.24, 2.45) is 0 Å². The second-order valence-electron chi connectivity index (χ2n) is 7.84. The number of phenols is 1. The molecule has 4 rings (SSSR count). The number of carbonyl (C=O) groups excluding carboxylic acids is 3. The van der Waals surface area contributed by atoms with Crippen molar-refractivity contribution < 1.29 is 24.2 Å². The van der Waals surface area contributed by atoms with Crippen LogP contribution in [-0.2, 0) is 16.0 Å². The normalized spacial score (nSPS) is 19.7. The van der Waals surface area contributed by atoms with E-state index in [4.69, 9.17) is 4.74 Å². The van der Waals surface area contributed by atoms with E-state index < -0.39 is 12.2 Å². The van der Waals surface area contributed by atoms with Gasteiger partial charge in [-0.25, -0.2) is 4.79 Å². The predicted octanol–water partition coefficient (Wildman–Crippen LogP) is 3.46. The molecule has 0 unspecified atom stereocenters. The maximum absolute atomic E-state index is 13.1. The fourth-order valence-electron chi connectivity index (χ4n) is 3.94. The topological polar surface area (TPSA) is 95.9 Å². The number of fused-ring (bicyclic) bond motifs is 1. The zero-order valence-corrected chi connectivity index (χ0v) is 17.3. The van der Waals surface area contributed by atoms with Crippen molar-refractivity contribution in [1.29, 1.82) is 0 Å². The van der Waals surface area contributed by atoms with Gasteiger partial charge < -0.3 is 15.2 Å². The molecule has 0 radical (unpaired) electrons. The third-order valence-corrected chi connectivity index (χ3v) is 5.52. The first kappa shape index (κ1) is 20.7. The Morgan fingerprint density at radius 2 is 1.97 bits per heavy atom. The molecule has 2 N–H and O–H groups in total. The van der Waals surface area contributed by atoms with Crippen LogP contribution < -0.4 is 10.2 Å². The molecular weight excluding hydrogens is 396 g/mol. The van der Waals surface area contributed by atoms with E-state index in [2.05, 4.69) is 5.32 Å². The first-order chi connectivity index (χ1) is 14.9. The number of carbonyl (C=O) groups is 3. The van der Waals surface area contributed by atoms with Gasteiger partial charge in [0, 0.05) is 23.7 Å². The lowest BCUT2D eigenvalue weighted by Gasteiger charge is -2.16. The lowest BCUT2D eigenvalue weighted by molar-refractivity contribution is -0.119. The number of amides is 2. The van der Waals surface area contributed by atoms with Crippen molar-refractivity contribution in [3.8, 4) is 5.75 Å². The number of hydrogen-bond donors (Lipinski definition) is 2. The number of hydrogen-bond acceptors (Lipinski definition) is 5. The van der Waals surface area contributed by atoms with Crippen LogP contribution >= 0.6 is 0 Å². The first-order valence-electron chi connectivity index (χ1n) is 10.3. The Hall–Kier alpha value is -3.61. The van der Waals surface area contributed by atoms with E-state index in [0.29, 0.717) is 24.2 Å². The van der Waals surface area contributed by atoms with E-state index in [-0.39, 0.29) is 24.0 Å². The zero-order valence-electron chi connectivity index (χ0n) is 17.3. The van der Waals surface area contributed by atoms with Crippen LogP contribution in [0.2, 0.25) is 0 Å². The van der Waals surface area contributed by atoms with Gasteiger partial charge in [-0.05, 0) is 66.8 Å². The molecule has 1 aliphatic carbocycles. The van der Waals surface area contributed by atoms with E-state index in [1.54, 1.807) is 36.4 Å². The summed E-state index contributed by atoms with van der Waals surface area (Å²) in [4.78, 5) is 38.1. The molecule has 2 amide bonds. The third kappa shape index (κ3) is 4.60. The highest BCUT2D eigenvalue weighted by atomic mass is 16.6. The van der Waals surface area contributed by atoms with Gasteiger partial charge in [-0.2, -0.15) is 0 Å². The molecule has 0 spiro atoms. The minimum atomic E-state index is -0.455. The number of rotatable bonds is 4. The highest BCUT2D eigenvalue weighted by Gasteiger charge is 2.33. The van der Waals surface area contributed by atoms with Crippen molar-refractivity contribution >= 4 is 29.5 Å². The maximum atomic E-state index is 13.1. The fraction of sp³-hybridized carbons (Fsp3) is 0.292. The highest BCUT2D eigenvalue weighted by Crippen LogP contribution is 2.30. The average Bonchev–Trinajstić information content (AvgIpc) is 3.05. The minimum absolute atomic E-state index is 0.0142. The molecule has 1 aliphatic heterocycles. The highest BCUT2D eigenvalue weighted by molar-refractivity contribution is 6.12. The molecule has 160 valence electrons. The number of ether oxygens (including phenoxy) is 1. The van der Waals surface area contributed by atoms with E-state index in [0.717, 1.165) is 29.5 Å².